The lowest BCUT2D eigenvalue weighted by atomic mass is 10.1. The second kappa shape index (κ2) is 10.9. The zero-order valence-corrected chi connectivity index (χ0v) is 20.4. The van der Waals surface area contributed by atoms with Crippen molar-refractivity contribution in [2.24, 2.45) is 0 Å². The van der Waals surface area contributed by atoms with Crippen LogP contribution in [0.4, 0.5) is 14.5 Å². The predicted molar refractivity (Wildman–Crippen MR) is 124 cm³/mol. The van der Waals surface area contributed by atoms with Crippen molar-refractivity contribution in [1.82, 2.24) is 9.97 Å². The van der Waals surface area contributed by atoms with Gasteiger partial charge in [-0.2, -0.15) is 0 Å². The molecule has 1 N–H and O–H groups in total. The number of rotatable bonds is 6. The second-order valence-corrected chi connectivity index (χ2v) is 9.18. The van der Waals surface area contributed by atoms with Gasteiger partial charge in [0, 0.05) is 29.9 Å². The first-order valence-corrected chi connectivity index (χ1v) is 11.8. The van der Waals surface area contributed by atoms with Crippen LogP contribution in [0.25, 0.3) is 0 Å². The highest BCUT2D eigenvalue weighted by Gasteiger charge is 2.26. The van der Waals surface area contributed by atoms with Gasteiger partial charge in [0.15, 0.2) is 5.82 Å². The Bertz CT molecular complexity index is 1460. The lowest BCUT2D eigenvalue weighted by Crippen LogP contribution is -2.17. The Labute approximate surface area is 209 Å². The number of halogens is 4. The first kappa shape index (κ1) is 26.2. The molecule has 0 aliphatic carbocycles. The highest BCUT2D eigenvalue weighted by molar-refractivity contribution is 7.92. The molecule has 0 atom stereocenters. The average molecular weight is 542 g/mol. The van der Waals surface area contributed by atoms with Gasteiger partial charge in [0.1, 0.15) is 23.1 Å². The molecule has 0 aliphatic heterocycles. The lowest BCUT2D eigenvalue weighted by Gasteiger charge is -2.16. The van der Waals surface area contributed by atoms with Crippen LogP contribution < -0.4 is 9.46 Å². The van der Waals surface area contributed by atoms with Crippen molar-refractivity contribution in [3.05, 3.63) is 75.3 Å². The molecule has 1 aromatic heterocycles. The summed E-state index contributed by atoms with van der Waals surface area (Å²) < 4.78 is 67.7. The van der Waals surface area contributed by atoms with Gasteiger partial charge < -0.3 is 9.47 Å². The number of hydrogen-bond donors (Lipinski definition) is 1. The quantitative estimate of drug-likeness (QED) is 0.281. The number of methoxy groups -OCH3 is 1. The molecule has 3 aromatic rings. The molecule has 0 spiro atoms. The molecule has 8 nitrogen and oxygen atoms in total. The minimum atomic E-state index is -4.51. The van der Waals surface area contributed by atoms with E-state index < -0.39 is 43.8 Å². The number of carbonyl (C=O) groups is 1. The molecule has 35 heavy (non-hydrogen) atoms. The van der Waals surface area contributed by atoms with Gasteiger partial charge >= 0.3 is 5.97 Å². The molecule has 182 valence electrons. The van der Waals surface area contributed by atoms with E-state index >= 15 is 4.39 Å². The number of anilines is 1. The second-order valence-electron chi connectivity index (χ2n) is 6.76. The first-order chi connectivity index (χ1) is 16.5. The van der Waals surface area contributed by atoms with Crippen LogP contribution in [0.2, 0.25) is 10.3 Å². The SMILES string of the molecule is COc1c(COC(C)=O)cc(Cl)cc1S(=O)(=O)Nc1ccc(F)c(C#Cc2cnc(Cl)nc2)c1F. The third-order valence-corrected chi connectivity index (χ3v) is 6.09. The van der Waals surface area contributed by atoms with E-state index in [1.54, 1.807) is 0 Å². The van der Waals surface area contributed by atoms with E-state index in [0.29, 0.717) is 0 Å². The summed E-state index contributed by atoms with van der Waals surface area (Å²) in [5.41, 5.74) is -0.879. The molecular formula is C22H15Cl2F2N3O5S. The van der Waals surface area contributed by atoms with E-state index in [1.165, 1.54) is 32.5 Å². The monoisotopic (exact) mass is 541 g/mol. The topological polar surface area (TPSA) is 107 Å². The van der Waals surface area contributed by atoms with E-state index in [0.717, 1.165) is 18.2 Å². The van der Waals surface area contributed by atoms with Gasteiger partial charge in [0.25, 0.3) is 10.0 Å². The van der Waals surface area contributed by atoms with Crippen molar-refractivity contribution in [2.45, 2.75) is 18.4 Å². The van der Waals surface area contributed by atoms with E-state index in [4.69, 9.17) is 32.7 Å². The smallest absolute Gasteiger partial charge is 0.302 e. The van der Waals surface area contributed by atoms with E-state index in [9.17, 15) is 17.6 Å². The number of sulfonamides is 1. The Kier molecular flexibility index (Phi) is 8.11. The molecule has 0 saturated heterocycles. The van der Waals surface area contributed by atoms with E-state index in [-0.39, 0.29) is 33.8 Å². The summed E-state index contributed by atoms with van der Waals surface area (Å²) in [6.45, 7) is 0.856. The summed E-state index contributed by atoms with van der Waals surface area (Å²) in [6, 6.07) is 4.18. The molecule has 0 amide bonds. The number of nitrogens with zero attached hydrogens (tertiary/aromatic N) is 2. The molecule has 2 aromatic carbocycles. The molecule has 3 rings (SSSR count). The summed E-state index contributed by atoms with van der Waals surface area (Å²) in [7, 11) is -3.31. The fraction of sp³-hybridized carbons (Fsp3) is 0.136. The van der Waals surface area contributed by atoms with Crippen LogP contribution in [-0.4, -0.2) is 31.5 Å². The summed E-state index contributed by atoms with van der Waals surface area (Å²) in [6.07, 6.45) is 2.51. The maximum absolute atomic E-state index is 15.1. The fourth-order valence-corrected chi connectivity index (χ4v) is 4.50. The number of hydrogen-bond acceptors (Lipinski definition) is 7. The molecule has 1 heterocycles. The summed E-state index contributed by atoms with van der Waals surface area (Å²) >= 11 is 11.6. The van der Waals surface area contributed by atoms with E-state index in [1.807, 2.05) is 4.72 Å². The van der Waals surface area contributed by atoms with Gasteiger partial charge in [0.2, 0.25) is 5.28 Å². The number of nitrogens with one attached hydrogen (secondary N) is 1. The van der Waals surface area contributed by atoms with Crippen LogP contribution in [0.5, 0.6) is 5.75 Å². The molecule has 0 unspecified atom stereocenters. The van der Waals surface area contributed by atoms with Crippen molar-refractivity contribution >= 4 is 44.9 Å². The fourth-order valence-electron chi connectivity index (χ4n) is 2.80. The van der Waals surface area contributed by atoms with E-state index in [2.05, 4.69) is 21.8 Å². The Balaban J connectivity index is 2.01. The van der Waals surface area contributed by atoms with Crippen LogP contribution in [-0.2, 0) is 26.2 Å². The van der Waals surface area contributed by atoms with Gasteiger partial charge in [-0.25, -0.2) is 27.2 Å². The Morgan fingerprint density at radius 1 is 1.14 bits per heavy atom. The molecule has 13 heteroatoms. The largest absolute Gasteiger partial charge is 0.495 e. The average Bonchev–Trinajstić information content (AvgIpc) is 2.80. The zero-order chi connectivity index (χ0) is 25.8. The number of carbonyl (C=O) groups excluding carboxylic acids is 1. The normalized spacial score (nSPS) is 10.8. The Morgan fingerprint density at radius 3 is 2.46 bits per heavy atom. The van der Waals surface area contributed by atoms with Gasteiger partial charge in [-0.15, -0.1) is 0 Å². The maximum Gasteiger partial charge on any atom is 0.302 e. The summed E-state index contributed by atoms with van der Waals surface area (Å²) in [5, 5.41) is -0.0404. The number of esters is 1. The van der Waals surface area contributed by atoms with Crippen molar-refractivity contribution < 1.29 is 31.5 Å². The number of ether oxygens (including phenoxy) is 2. The molecule has 0 bridgehead atoms. The minimum absolute atomic E-state index is 0.00959. The van der Waals surface area contributed by atoms with Crippen LogP contribution in [0.15, 0.2) is 41.6 Å². The lowest BCUT2D eigenvalue weighted by molar-refractivity contribution is -0.142. The van der Waals surface area contributed by atoms with Crippen LogP contribution in [0.1, 0.15) is 23.6 Å². The van der Waals surface area contributed by atoms with Crippen molar-refractivity contribution in [3.8, 4) is 17.6 Å². The van der Waals surface area contributed by atoms with Gasteiger partial charge in [-0.05, 0) is 35.9 Å². The molecule has 0 aliphatic rings. The number of benzene rings is 2. The van der Waals surface area contributed by atoms with Gasteiger partial charge in [-0.3, -0.25) is 9.52 Å². The highest BCUT2D eigenvalue weighted by atomic mass is 35.5. The Morgan fingerprint density at radius 2 is 1.83 bits per heavy atom. The summed E-state index contributed by atoms with van der Waals surface area (Å²) in [4.78, 5) is 18.1. The van der Waals surface area contributed by atoms with Crippen molar-refractivity contribution in [3.63, 3.8) is 0 Å². The molecular weight excluding hydrogens is 527 g/mol. The Hall–Kier alpha value is -3.46. The maximum atomic E-state index is 15.1. The predicted octanol–water partition coefficient (Wildman–Crippen LogP) is 4.33. The summed E-state index contributed by atoms with van der Waals surface area (Å²) in [5.74, 6) is 1.73. The third kappa shape index (κ3) is 6.36. The van der Waals surface area contributed by atoms with Crippen LogP contribution in [0.3, 0.4) is 0 Å². The molecule has 0 saturated carbocycles. The first-order valence-electron chi connectivity index (χ1n) is 9.52. The standard InChI is InChI=1S/C22H15Cl2F2N3O5S/c1-12(30)34-11-14-7-15(23)8-19(21(14)33-2)35(31,32)29-18-6-5-17(25)16(20(18)26)4-3-13-9-27-22(24)28-10-13/h5-10,29H,11H2,1-2H3. The zero-order valence-electron chi connectivity index (χ0n) is 18.0. The van der Waals surface area contributed by atoms with Crippen molar-refractivity contribution in [2.75, 3.05) is 11.8 Å². The third-order valence-electron chi connectivity index (χ3n) is 4.31. The van der Waals surface area contributed by atoms with Gasteiger partial charge in [0.05, 0.1) is 23.9 Å². The van der Waals surface area contributed by atoms with Crippen molar-refractivity contribution in [1.29, 1.82) is 0 Å². The van der Waals surface area contributed by atoms with Crippen LogP contribution >= 0.6 is 23.2 Å². The van der Waals surface area contributed by atoms with Crippen LogP contribution in [0, 0.1) is 23.5 Å². The molecule has 0 radical (unpaired) electrons. The highest BCUT2D eigenvalue weighted by Crippen LogP contribution is 2.34. The molecule has 0 fully saturated rings. The number of aromatic nitrogens is 2. The minimum Gasteiger partial charge on any atom is -0.495 e. The van der Waals surface area contributed by atoms with Gasteiger partial charge in [-0.1, -0.05) is 23.4 Å².